The Morgan fingerprint density at radius 1 is 1.25 bits per heavy atom. The molecule has 2 aromatic heterocycles. The fraction of sp³-hybridized carbons (Fsp3) is 0.211. The van der Waals surface area contributed by atoms with Gasteiger partial charge in [0.05, 0.1) is 13.2 Å². The first-order valence-corrected chi connectivity index (χ1v) is 8.53. The number of ether oxygens (including phenoxy) is 2. The van der Waals surface area contributed by atoms with E-state index in [4.69, 9.17) is 4.74 Å². The van der Waals surface area contributed by atoms with Crippen molar-refractivity contribution < 1.29 is 23.0 Å². The molecule has 0 atom stereocenters. The summed E-state index contributed by atoms with van der Waals surface area (Å²) in [4.78, 5) is 12.1. The van der Waals surface area contributed by atoms with Gasteiger partial charge in [-0.05, 0) is 42.8 Å². The second-order valence-corrected chi connectivity index (χ2v) is 5.61. The molecule has 3 rings (SSSR count). The molecule has 0 aliphatic rings. The molecular weight excluding hydrogens is 370 g/mol. The molecule has 0 saturated heterocycles. The Morgan fingerprint density at radius 3 is 2.89 bits per heavy atom. The van der Waals surface area contributed by atoms with Gasteiger partial charge >= 0.3 is 6.61 Å². The maximum atomic E-state index is 12.4. The topological polar surface area (TPSA) is 77.8 Å². The summed E-state index contributed by atoms with van der Waals surface area (Å²) in [6.45, 7) is -0.713. The molecule has 1 amide bonds. The first-order chi connectivity index (χ1) is 13.6. The van der Waals surface area contributed by atoms with Crippen molar-refractivity contribution in [3.63, 3.8) is 0 Å². The Hall–Kier alpha value is -3.49. The van der Waals surface area contributed by atoms with Gasteiger partial charge in [-0.3, -0.25) is 9.20 Å². The molecule has 0 bridgehead atoms. The number of halogens is 2. The van der Waals surface area contributed by atoms with Gasteiger partial charge in [-0.15, -0.1) is 10.2 Å². The quantitative estimate of drug-likeness (QED) is 0.600. The van der Waals surface area contributed by atoms with E-state index in [0.29, 0.717) is 23.6 Å². The number of aromatic nitrogens is 3. The summed E-state index contributed by atoms with van der Waals surface area (Å²) < 4.78 is 36.4. The molecule has 1 aromatic carbocycles. The van der Waals surface area contributed by atoms with E-state index >= 15 is 0 Å². The predicted octanol–water partition coefficient (Wildman–Crippen LogP) is 3.06. The van der Waals surface area contributed by atoms with Gasteiger partial charge in [0, 0.05) is 12.3 Å². The normalized spacial score (nSPS) is 11.3. The Balaban J connectivity index is 1.64. The van der Waals surface area contributed by atoms with Crippen LogP contribution >= 0.6 is 0 Å². The first-order valence-electron chi connectivity index (χ1n) is 8.53. The summed E-state index contributed by atoms with van der Waals surface area (Å²) >= 11 is 0. The van der Waals surface area contributed by atoms with Crippen molar-refractivity contribution in [3.8, 4) is 11.5 Å². The summed E-state index contributed by atoms with van der Waals surface area (Å²) in [6, 6.07) is 9.96. The second-order valence-electron chi connectivity index (χ2n) is 5.61. The van der Waals surface area contributed by atoms with Crippen LogP contribution in [0.5, 0.6) is 11.5 Å². The van der Waals surface area contributed by atoms with Crippen LogP contribution in [0.2, 0.25) is 0 Å². The van der Waals surface area contributed by atoms with Gasteiger partial charge in [0.1, 0.15) is 0 Å². The van der Waals surface area contributed by atoms with Gasteiger partial charge in [-0.1, -0.05) is 12.1 Å². The lowest BCUT2D eigenvalue weighted by Gasteiger charge is -2.11. The van der Waals surface area contributed by atoms with Crippen molar-refractivity contribution in [1.82, 2.24) is 19.9 Å². The highest BCUT2D eigenvalue weighted by Gasteiger charge is 2.11. The molecule has 0 aliphatic carbocycles. The minimum absolute atomic E-state index is 0.0582. The molecule has 0 unspecified atom stereocenters. The van der Waals surface area contributed by atoms with Crippen LogP contribution in [0.1, 0.15) is 18.3 Å². The summed E-state index contributed by atoms with van der Waals surface area (Å²) in [5, 5.41) is 10.8. The van der Waals surface area contributed by atoms with E-state index in [1.807, 2.05) is 24.4 Å². The zero-order valence-electron chi connectivity index (χ0n) is 15.0. The molecule has 2 heterocycles. The number of carbonyl (C=O) groups excluding carboxylic acids is 1. The van der Waals surface area contributed by atoms with Gasteiger partial charge in [0.2, 0.25) is 5.91 Å². The Kier molecular flexibility index (Phi) is 6.15. The molecule has 0 saturated carbocycles. The lowest BCUT2D eigenvalue weighted by Crippen LogP contribution is -2.21. The van der Waals surface area contributed by atoms with Crippen molar-refractivity contribution >= 4 is 17.6 Å². The lowest BCUT2D eigenvalue weighted by molar-refractivity contribution is -0.116. The van der Waals surface area contributed by atoms with Gasteiger partial charge in [-0.25, -0.2) is 0 Å². The summed E-state index contributed by atoms with van der Waals surface area (Å²) in [5.74, 6) is 0.389. The first kappa shape index (κ1) is 19.3. The lowest BCUT2D eigenvalue weighted by atomic mass is 10.2. The fourth-order valence-electron chi connectivity index (χ4n) is 2.50. The molecule has 1 N–H and O–H groups in total. The van der Waals surface area contributed by atoms with Crippen LogP contribution in [0, 0.1) is 0 Å². The van der Waals surface area contributed by atoms with Crippen molar-refractivity contribution in [2.24, 2.45) is 0 Å². The third-order valence-electron chi connectivity index (χ3n) is 3.72. The predicted molar refractivity (Wildman–Crippen MR) is 98.1 cm³/mol. The molecule has 28 heavy (non-hydrogen) atoms. The smallest absolute Gasteiger partial charge is 0.387 e. The Morgan fingerprint density at radius 2 is 2.11 bits per heavy atom. The number of carbonyl (C=O) groups is 1. The molecule has 0 aliphatic heterocycles. The molecule has 9 heteroatoms. The Labute approximate surface area is 159 Å². The third kappa shape index (κ3) is 4.81. The average Bonchev–Trinajstić information content (AvgIpc) is 3.09. The van der Waals surface area contributed by atoms with E-state index < -0.39 is 6.61 Å². The minimum atomic E-state index is -2.94. The highest BCUT2D eigenvalue weighted by molar-refractivity contribution is 5.91. The number of pyridine rings is 1. The van der Waals surface area contributed by atoms with E-state index in [9.17, 15) is 13.6 Å². The fourth-order valence-corrected chi connectivity index (χ4v) is 2.50. The third-order valence-corrected chi connectivity index (χ3v) is 3.72. The highest BCUT2D eigenvalue weighted by Crippen LogP contribution is 2.30. The number of nitrogens with one attached hydrogen (secondary N) is 1. The zero-order chi connectivity index (χ0) is 19.9. The van der Waals surface area contributed by atoms with Gasteiger partial charge in [-0.2, -0.15) is 8.78 Å². The van der Waals surface area contributed by atoms with E-state index in [0.717, 1.165) is 0 Å². The van der Waals surface area contributed by atoms with Crippen LogP contribution in [0.4, 0.5) is 8.78 Å². The van der Waals surface area contributed by atoms with Crippen molar-refractivity contribution in [2.75, 3.05) is 6.61 Å². The molecule has 0 spiro atoms. The molecule has 3 aromatic rings. The van der Waals surface area contributed by atoms with Crippen LogP contribution in [0.3, 0.4) is 0 Å². The summed E-state index contributed by atoms with van der Waals surface area (Å²) in [6.07, 6.45) is 4.69. The average molecular weight is 388 g/mol. The van der Waals surface area contributed by atoms with Crippen LogP contribution in [0.15, 0.2) is 48.7 Å². The van der Waals surface area contributed by atoms with Crippen LogP contribution in [-0.4, -0.2) is 33.7 Å². The van der Waals surface area contributed by atoms with Gasteiger partial charge in [0.25, 0.3) is 0 Å². The number of hydrogen-bond donors (Lipinski definition) is 1. The molecule has 0 fully saturated rings. The largest absolute Gasteiger partial charge is 0.490 e. The SMILES string of the molecule is CCOc1cc(/C=C/C(=O)NCc2nnc3ccccn23)ccc1OC(F)F. The monoisotopic (exact) mass is 388 g/mol. The van der Waals surface area contributed by atoms with Crippen LogP contribution in [0.25, 0.3) is 11.7 Å². The van der Waals surface area contributed by atoms with Crippen LogP contribution < -0.4 is 14.8 Å². The van der Waals surface area contributed by atoms with E-state index in [1.54, 1.807) is 23.5 Å². The van der Waals surface area contributed by atoms with E-state index in [1.165, 1.54) is 18.2 Å². The standard InChI is InChI=1S/C19H18F2N4O3/c1-2-27-15-11-13(6-8-14(15)28-19(20)21)7-9-18(26)22-12-17-24-23-16-5-3-4-10-25(16)17/h3-11,19H,2,12H2,1H3,(H,22,26)/b9-7+. The second kappa shape index (κ2) is 8.94. The molecule has 0 radical (unpaired) electrons. The number of rotatable bonds is 8. The number of hydrogen-bond acceptors (Lipinski definition) is 5. The Bertz CT molecular complexity index is 988. The molecular formula is C19H18F2N4O3. The summed E-state index contributed by atoms with van der Waals surface area (Å²) in [7, 11) is 0. The highest BCUT2D eigenvalue weighted by atomic mass is 19.3. The minimum Gasteiger partial charge on any atom is -0.490 e. The van der Waals surface area contributed by atoms with E-state index in [-0.39, 0.29) is 24.0 Å². The van der Waals surface area contributed by atoms with Crippen LogP contribution in [-0.2, 0) is 11.3 Å². The van der Waals surface area contributed by atoms with Gasteiger partial charge < -0.3 is 14.8 Å². The molecule has 146 valence electrons. The van der Waals surface area contributed by atoms with Crippen molar-refractivity contribution in [3.05, 3.63) is 60.1 Å². The number of amides is 1. The van der Waals surface area contributed by atoms with Crippen molar-refractivity contribution in [2.45, 2.75) is 20.1 Å². The summed E-state index contributed by atoms with van der Waals surface area (Å²) in [5.41, 5.74) is 1.30. The van der Waals surface area contributed by atoms with Gasteiger partial charge in [0.15, 0.2) is 23.0 Å². The maximum absolute atomic E-state index is 12.4. The number of fused-ring (bicyclic) bond motifs is 1. The molecule has 7 nitrogen and oxygen atoms in total. The maximum Gasteiger partial charge on any atom is 0.387 e. The zero-order valence-corrected chi connectivity index (χ0v) is 15.0. The number of nitrogens with zero attached hydrogens (tertiary/aromatic N) is 3. The number of benzene rings is 1. The van der Waals surface area contributed by atoms with Crippen molar-refractivity contribution in [1.29, 1.82) is 0 Å². The van der Waals surface area contributed by atoms with E-state index in [2.05, 4.69) is 20.3 Å². The number of alkyl halides is 2.